The normalized spacial score (nSPS) is 13.8. The molecular weight excluding hydrogens is 194 g/mol. The van der Waals surface area contributed by atoms with Gasteiger partial charge >= 0.3 is 0 Å². The van der Waals surface area contributed by atoms with Gasteiger partial charge in [0.1, 0.15) is 0 Å². The minimum atomic E-state index is 0.599. The maximum Gasteiger partial charge on any atom is 0.0113 e. The van der Waals surface area contributed by atoms with Gasteiger partial charge in [0.2, 0.25) is 0 Å². The molecule has 0 N–H and O–H groups in total. The molecule has 0 radical (unpaired) electrons. The predicted octanol–water partition coefficient (Wildman–Crippen LogP) is 3.74. The maximum atomic E-state index is 2.58. The van der Waals surface area contributed by atoms with E-state index < -0.39 is 0 Å². The van der Waals surface area contributed by atoms with Crippen molar-refractivity contribution in [3.63, 3.8) is 0 Å². The van der Waals surface area contributed by atoms with Crippen LogP contribution in [-0.2, 0) is 6.42 Å². The van der Waals surface area contributed by atoms with E-state index in [2.05, 4.69) is 69.9 Å². The van der Waals surface area contributed by atoms with Crippen molar-refractivity contribution >= 4 is 0 Å². The van der Waals surface area contributed by atoms with Crippen LogP contribution in [0.1, 0.15) is 40.2 Å². The van der Waals surface area contributed by atoms with Gasteiger partial charge in [-0.15, -0.1) is 0 Å². The van der Waals surface area contributed by atoms with Crippen molar-refractivity contribution in [1.29, 1.82) is 0 Å². The first-order valence-corrected chi connectivity index (χ1v) is 6.33. The van der Waals surface area contributed by atoms with Crippen LogP contribution < -0.4 is 0 Å². The molecule has 0 saturated heterocycles. The lowest BCUT2D eigenvalue weighted by atomic mass is 10.0. The standard InChI is InChI=1S/C15H25N/c1-12(2)16(13(3)4)14(5)11-15-9-7-6-8-10-15/h6-10,12-14H,11H2,1-5H3. The molecule has 0 aliphatic heterocycles. The quantitative estimate of drug-likeness (QED) is 0.729. The first-order chi connectivity index (χ1) is 7.52. The van der Waals surface area contributed by atoms with Gasteiger partial charge < -0.3 is 0 Å². The van der Waals surface area contributed by atoms with Crippen LogP contribution in [0.25, 0.3) is 0 Å². The molecular formula is C15H25N. The predicted molar refractivity (Wildman–Crippen MR) is 71.7 cm³/mol. The summed E-state index contributed by atoms with van der Waals surface area (Å²) in [5.74, 6) is 0. The zero-order chi connectivity index (χ0) is 12.1. The van der Waals surface area contributed by atoms with Gasteiger partial charge in [0, 0.05) is 18.1 Å². The molecule has 16 heavy (non-hydrogen) atoms. The van der Waals surface area contributed by atoms with Crippen LogP contribution in [-0.4, -0.2) is 23.0 Å². The summed E-state index contributed by atoms with van der Waals surface area (Å²) in [6.07, 6.45) is 1.14. The maximum absolute atomic E-state index is 2.58. The van der Waals surface area contributed by atoms with E-state index in [9.17, 15) is 0 Å². The van der Waals surface area contributed by atoms with Crippen LogP contribution in [0, 0.1) is 0 Å². The minimum absolute atomic E-state index is 0.599. The largest absolute Gasteiger partial charge is 0.296 e. The summed E-state index contributed by atoms with van der Waals surface area (Å²) in [7, 11) is 0. The lowest BCUT2D eigenvalue weighted by Gasteiger charge is -2.36. The molecule has 1 heteroatoms. The molecule has 0 heterocycles. The van der Waals surface area contributed by atoms with Crippen LogP contribution >= 0.6 is 0 Å². The van der Waals surface area contributed by atoms with Gasteiger partial charge in [-0.1, -0.05) is 30.3 Å². The van der Waals surface area contributed by atoms with E-state index in [0.29, 0.717) is 18.1 Å². The van der Waals surface area contributed by atoms with Crippen molar-refractivity contribution in [1.82, 2.24) is 4.90 Å². The lowest BCUT2D eigenvalue weighted by Crippen LogP contribution is -2.44. The van der Waals surface area contributed by atoms with Crippen molar-refractivity contribution in [2.24, 2.45) is 0 Å². The third kappa shape index (κ3) is 3.64. The molecule has 0 aliphatic rings. The highest BCUT2D eigenvalue weighted by atomic mass is 15.2. The van der Waals surface area contributed by atoms with Gasteiger partial charge in [0.25, 0.3) is 0 Å². The molecule has 1 aromatic carbocycles. The number of benzene rings is 1. The molecule has 0 spiro atoms. The molecule has 1 atom stereocenters. The fourth-order valence-electron chi connectivity index (χ4n) is 2.67. The molecule has 1 aromatic rings. The van der Waals surface area contributed by atoms with E-state index in [1.807, 2.05) is 0 Å². The number of rotatable bonds is 5. The summed E-state index contributed by atoms with van der Waals surface area (Å²) < 4.78 is 0. The zero-order valence-electron chi connectivity index (χ0n) is 11.3. The zero-order valence-corrected chi connectivity index (χ0v) is 11.3. The third-order valence-corrected chi connectivity index (χ3v) is 3.08. The van der Waals surface area contributed by atoms with E-state index in [-0.39, 0.29) is 0 Å². The van der Waals surface area contributed by atoms with Crippen LogP contribution in [0.2, 0.25) is 0 Å². The van der Waals surface area contributed by atoms with E-state index in [1.165, 1.54) is 5.56 Å². The molecule has 1 nitrogen and oxygen atoms in total. The molecule has 1 unspecified atom stereocenters. The van der Waals surface area contributed by atoms with Crippen LogP contribution in [0.4, 0.5) is 0 Å². The second-order valence-electron chi connectivity index (χ2n) is 5.17. The Balaban J connectivity index is 2.66. The topological polar surface area (TPSA) is 3.24 Å². The van der Waals surface area contributed by atoms with Crippen molar-refractivity contribution in [2.45, 2.75) is 59.2 Å². The van der Waals surface area contributed by atoms with Gasteiger partial charge in [0.05, 0.1) is 0 Å². The summed E-state index contributed by atoms with van der Waals surface area (Å²) in [6, 6.07) is 12.6. The van der Waals surface area contributed by atoms with E-state index in [1.54, 1.807) is 0 Å². The Morgan fingerprint density at radius 2 is 1.38 bits per heavy atom. The highest BCUT2D eigenvalue weighted by Crippen LogP contribution is 2.14. The third-order valence-electron chi connectivity index (χ3n) is 3.08. The Bertz CT molecular complexity index is 282. The molecule has 0 aromatic heterocycles. The number of hydrogen-bond acceptors (Lipinski definition) is 1. The molecule has 0 fully saturated rings. The Morgan fingerprint density at radius 3 is 1.81 bits per heavy atom. The molecule has 90 valence electrons. The summed E-state index contributed by atoms with van der Waals surface area (Å²) in [5.41, 5.74) is 1.43. The summed E-state index contributed by atoms with van der Waals surface area (Å²) >= 11 is 0. The monoisotopic (exact) mass is 219 g/mol. The smallest absolute Gasteiger partial charge is 0.0113 e. The average Bonchev–Trinajstić information content (AvgIpc) is 2.17. The molecule has 0 amide bonds. The Labute approximate surface area is 100 Å². The highest BCUT2D eigenvalue weighted by molar-refractivity contribution is 5.15. The van der Waals surface area contributed by atoms with Gasteiger partial charge in [-0.2, -0.15) is 0 Å². The highest BCUT2D eigenvalue weighted by Gasteiger charge is 2.19. The van der Waals surface area contributed by atoms with Crippen molar-refractivity contribution < 1.29 is 0 Å². The van der Waals surface area contributed by atoms with Crippen LogP contribution in [0.5, 0.6) is 0 Å². The van der Waals surface area contributed by atoms with E-state index in [4.69, 9.17) is 0 Å². The Morgan fingerprint density at radius 1 is 0.875 bits per heavy atom. The van der Waals surface area contributed by atoms with Gasteiger partial charge in [0.15, 0.2) is 0 Å². The van der Waals surface area contributed by atoms with Crippen LogP contribution in [0.15, 0.2) is 30.3 Å². The lowest BCUT2D eigenvalue weighted by molar-refractivity contribution is 0.122. The first-order valence-electron chi connectivity index (χ1n) is 6.33. The SMILES string of the molecule is CC(C)N(C(C)C)C(C)Cc1ccccc1. The number of hydrogen-bond donors (Lipinski definition) is 0. The first kappa shape index (κ1) is 13.2. The number of nitrogens with zero attached hydrogens (tertiary/aromatic N) is 1. The summed E-state index contributed by atoms with van der Waals surface area (Å²) in [5, 5.41) is 0. The minimum Gasteiger partial charge on any atom is -0.296 e. The second-order valence-corrected chi connectivity index (χ2v) is 5.17. The van der Waals surface area contributed by atoms with Crippen molar-refractivity contribution in [3.8, 4) is 0 Å². The Hall–Kier alpha value is -0.820. The molecule has 0 saturated carbocycles. The summed E-state index contributed by atoms with van der Waals surface area (Å²) in [6.45, 7) is 11.4. The van der Waals surface area contributed by atoms with E-state index >= 15 is 0 Å². The summed E-state index contributed by atoms with van der Waals surface area (Å²) in [4.78, 5) is 2.58. The van der Waals surface area contributed by atoms with Crippen molar-refractivity contribution in [3.05, 3.63) is 35.9 Å². The Kier molecular flexibility index (Phi) is 5.01. The van der Waals surface area contributed by atoms with Gasteiger partial charge in [-0.3, -0.25) is 4.90 Å². The van der Waals surface area contributed by atoms with Crippen molar-refractivity contribution in [2.75, 3.05) is 0 Å². The molecule has 0 aliphatic carbocycles. The average molecular weight is 219 g/mol. The van der Waals surface area contributed by atoms with E-state index in [0.717, 1.165) is 6.42 Å². The van der Waals surface area contributed by atoms with Crippen LogP contribution in [0.3, 0.4) is 0 Å². The molecule has 1 rings (SSSR count). The second kappa shape index (κ2) is 6.05. The van der Waals surface area contributed by atoms with Gasteiger partial charge in [-0.05, 0) is 46.6 Å². The molecule has 0 bridgehead atoms. The van der Waals surface area contributed by atoms with Gasteiger partial charge in [-0.25, -0.2) is 0 Å². The fraction of sp³-hybridized carbons (Fsp3) is 0.600. The fourth-order valence-corrected chi connectivity index (χ4v) is 2.67.